The van der Waals surface area contributed by atoms with Crippen molar-refractivity contribution < 1.29 is 14.7 Å². The second kappa shape index (κ2) is 12.8. The Morgan fingerprint density at radius 3 is 2.50 bits per heavy atom. The Labute approximate surface area is 283 Å². The summed E-state index contributed by atoms with van der Waals surface area (Å²) in [7, 11) is 1.84. The molecule has 1 N–H and O–H groups in total. The van der Waals surface area contributed by atoms with Gasteiger partial charge in [-0.1, -0.05) is 36.4 Å². The highest BCUT2D eigenvalue weighted by Gasteiger charge is 2.42. The van der Waals surface area contributed by atoms with E-state index in [4.69, 9.17) is 0 Å². The standard InChI is InChI=1S/C37H40N6O4S/c1-24-19-31(27-10-9-25(2)38-20-27)48-32(24)36(46)42-16-12-28(30(21-42)26-7-5-4-6-8-26)34(44)41-17-13-37(47,14-18-41)22-43-23-39-33-29(35(43)45)11-15-40(33)3/h4-11,15,19-20,23,28,30,47H,12-14,16-18,21-22H2,1-3H3/t28-,30+/m1/s1. The summed E-state index contributed by atoms with van der Waals surface area (Å²) in [4.78, 5) is 55.5. The zero-order valence-electron chi connectivity index (χ0n) is 27.5. The molecule has 4 aromatic heterocycles. The van der Waals surface area contributed by atoms with Gasteiger partial charge in [0.05, 0.1) is 22.4 Å². The van der Waals surface area contributed by atoms with Crippen LogP contribution in [0.5, 0.6) is 0 Å². The van der Waals surface area contributed by atoms with Gasteiger partial charge in [-0.05, 0) is 62.4 Å². The quantitative estimate of drug-likeness (QED) is 0.280. The smallest absolute Gasteiger partial charge is 0.264 e. The number of aliphatic hydroxyl groups is 1. The lowest BCUT2D eigenvalue weighted by molar-refractivity contribution is -0.142. The number of hydrogen-bond acceptors (Lipinski definition) is 7. The van der Waals surface area contributed by atoms with Crippen LogP contribution in [-0.4, -0.2) is 77.6 Å². The van der Waals surface area contributed by atoms with Gasteiger partial charge in [-0.2, -0.15) is 0 Å². The van der Waals surface area contributed by atoms with E-state index in [9.17, 15) is 19.5 Å². The third-order valence-electron chi connectivity index (χ3n) is 10.1. The van der Waals surface area contributed by atoms with E-state index in [2.05, 4.69) is 16.0 Å². The molecule has 7 rings (SSSR count). The number of thiophene rings is 1. The van der Waals surface area contributed by atoms with Crippen LogP contribution in [0.15, 0.2) is 78.1 Å². The van der Waals surface area contributed by atoms with Crippen LogP contribution in [0.2, 0.25) is 0 Å². The van der Waals surface area contributed by atoms with Gasteiger partial charge < -0.3 is 19.5 Å². The van der Waals surface area contributed by atoms with Crippen molar-refractivity contribution in [2.45, 2.75) is 51.2 Å². The number of nitrogens with zero attached hydrogens (tertiary/aromatic N) is 6. The first-order valence-corrected chi connectivity index (χ1v) is 17.3. The summed E-state index contributed by atoms with van der Waals surface area (Å²) in [6.07, 6.45) is 6.43. The van der Waals surface area contributed by atoms with Crippen molar-refractivity contribution in [3.63, 3.8) is 0 Å². The first-order chi connectivity index (χ1) is 23.1. The summed E-state index contributed by atoms with van der Waals surface area (Å²) < 4.78 is 3.28. The molecule has 2 atom stereocenters. The van der Waals surface area contributed by atoms with Crippen LogP contribution < -0.4 is 5.56 Å². The normalized spacial score (nSPS) is 19.5. The summed E-state index contributed by atoms with van der Waals surface area (Å²) in [6, 6.07) is 17.8. The molecular weight excluding hydrogens is 625 g/mol. The van der Waals surface area contributed by atoms with E-state index in [1.807, 2.05) is 79.4 Å². The number of piperidine rings is 2. The van der Waals surface area contributed by atoms with Crippen LogP contribution in [0.25, 0.3) is 21.5 Å². The number of benzene rings is 1. The number of carbonyl (C=O) groups is 2. The van der Waals surface area contributed by atoms with Gasteiger partial charge in [-0.15, -0.1) is 11.3 Å². The molecule has 0 radical (unpaired) electrons. The lowest BCUT2D eigenvalue weighted by Crippen LogP contribution is -2.53. The van der Waals surface area contributed by atoms with Crippen molar-refractivity contribution in [2.24, 2.45) is 13.0 Å². The van der Waals surface area contributed by atoms with Crippen LogP contribution in [0.1, 0.15) is 51.7 Å². The van der Waals surface area contributed by atoms with Gasteiger partial charge in [0, 0.05) is 73.6 Å². The third kappa shape index (κ3) is 6.08. The molecule has 48 heavy (non-hydrogen) atoms. The fourth-order valence-corrected chi connectivity index (χ4v) is 8.34. The van der Waals surface area contributed by atoms with Gasteiger partial charge in [-0.3, -0.25) is 23.9 Å². The maximum absolute atomic E-state index is 14.2. The predicted molar refractivity (Wildman–Crippen MR) is 186 cm³/mol. The number of fused-ring (bicyclic) bond motifs is 1. The van der Waals surface area contributed by atoms with Gasteiger partial charge in [-0.25, -0.2) is 4.98 Å². The largest absolute Gasteiger partial charge is 0.388 e. The molecule has 0 spiro atoms. The van der Waals surface area contributed by atoms with E-state index in [0.29, 0.717) is 56.5 Å². The number of hydrogen-bond donors (Lipinski definition) is 1. The molecule has 5 aromatic rings. The van der Waals surface area contributed by atoms with E-state index in [1.165, 1.54) is 22.2 Å². The number of pyridine rings is 1. The maximum atomic E-state index is 14.2. The number of aromatic nitrogens is 4. The molecule has 2 amide bonds. The van der Waals surface area contributed by atoms with Gasteiger partial charge in [0.2, 0.25) is 5.91 Å². The predicted octanol–water partition coefficient (Wildman–Crippen LogP) is 4.77. The molecule has 10 nitrogen and oxygen atoms in total. The fraction of sp³-hybridized carbons (Fsp3) is 0.378. The Morgan fingerprint density at radius 2 is 1.77 bits per heavy atom. The Bertz CT molecular complexity index is 2020. The minimum Gasteiger partial charge on any atom is -0.388 e. The molecule has 2 fully saturated rings. The first-order valence-electron chi connectivity index (χ1n) is 16.5. The molecule has 2 saturated heterocycles. The zero-order chi connectivity index (χ0) is 33.6. The highest BCUT2D eigenvalue weighted by atomic mass is 32.1. The van der Waals surface area contributed by atoms with Crippen molar-refractivity contribution in [3.05, 3.63) is 105 Å². The van der Waals surface area contributed by atoms with Crippen molar-refractivity contribution in [1.82, 2.24) is 28.9 Å². The Kier molecular flexibility index (Phi) is 8.51. The van der Waals surface area contributed by atoms with Crippen molar-refractivity contribution in [2.75, 3.05) is 26.2 Å². The molecule has 0 saturated carbocycles. The number of rotatable bonds is 6. The highest BCUT2D eigenvalue weighted by molar-refractivity contribution is 7.17. The fourth-order valence-electron chi connectivity index (χ4n) is 7.21. The Morgan fingerprint density at radius 1 is 1.00 bits per heavy atom. The molecule has 248 valence electrons. The van der Waals surface area contributed by atoms with E-state index < -0.39 is 5.60 Å². The maximum Gasteiger partial charge on any atom is 0.264 e. The van der Waals surface area contributed by atoms with E-state index in [0.717, 1.165) is 32.1 Å². The minimum atomic E-state index is -1.12. The number of aryl methyl sites for hydroxylation is 3. The molecule has 2 aliphatic heterocycles. The van der Waals surface area contributed by atoms with E-state index >= 15 is 0 Å². The lowest BCUT2D eigenvalue weighted by atomic mass is 9.79. The average Bonchev–Trinajstić information content (AvgIpc) is 3.68. The summed E-state index contributed by atoms with van der Waals surface area (Å²) in [5.74, 6) is -0.379. The number of likely N-dealkylation sites (tertiary alicyclic amines) is 2. The third-order valence-corrected chi connectivity index (χ3v) is 11.3. The number of carbonyl (C=O) groups excluding carboxylic acids is 2. The van der Waals surface area contributed by atoms with Crippen molar-refractivity contribution >= 4 is 34.2 Å². The summed E-state index contributed by atoms with van der Waals surface area (Å²) in [6.45, 7) is 5.80. The second-order valence-electron chi connectivity index (χ2n) is 13.4. The SMILES string of the molecule is Cc1ccc(-c2cc(C)c(C(=O)N3CC[C@@H](C(=O)N4CCC(O)(Cn5cnc6c(ccn6C)c5=O)CC4)[C@H](c4ccccc4)C3)s2)cn1. The molecule has 0 aliphatic carbocycles. The van der Waals surface area contributed by atoms with Crippen LogP contribution in [-0.2, 0) is 18.4 Å². The molecule has 1 aromatic carbocycles. The molecule has 2 aliphatic rings. The van der Waals surface area contributed by atoms with Gasteiger partial charge in [0.1, 0.15) is 12.0 Å². The van der Waals surface area contributed by atoms with E-state index in [1.54, 1.807) is 16.8 Å². The summed E-state index contributed by atoms with van der Waals surface area (Å²) in [5.41, 5.74) is 3.24. The van der Waals surface area contributed by atoms with Crippen LogP contribution in [0.3, 0.4) is 0 Å². The summed E-state index contributed by atoms with van der Waals surface area (Å²) >= 11 is 1.49. The second-order valence-corrected chi connectivity index (χ2v) is 14.4. The first kappa shape index (κ1) is 32.0. The Hall–Kier alpha value is -4.61. The zero-order valence-corrected chi connectivity index (χ0v) is 28.3. The topological polar surface area (TPSA) is 114 Å². The minimum absolute atomic E-state index is 0.00268. The van der Waals surface area contributed by atoms with Gasteiger partial charge in [0.15, 0.2) is 0 Å². The average molecular weight is 665 g/mol. The molecule has 6 heterocycles. The molecule has 0 unspecified atom stereocenters. The molecular formula is C37H40N6O4S. The van der Waals surface area contributed by atoms with Crippen LogP contribution in [0.4, 0.5) is 0 Å². The highest BCUT2D eigenvalue weighted by Crippen LogP contribution is 2.38. The van der Waals surface area contributed by atoms with Crippen molar-refractivity contribution in [3.8, 4) is 10.4 Å². The number of amides is 2. The monoisotopic (exact) mass is 664 g/mol. The molecule has 11 heteroatoms. The van der Waals surface area contributed by atoms with E-state index in [-0.39, 0.29) is 35.8 Å². The lowest BCUT2D eigenvalue weighted by Gasteiger charge is -2.43. The Balaban J connectivity index is 1.05. The van der Waals surface area contributed by atoms with Gasteiger partial charge >= 0.3 is 0 Å². The van der Waals surface area contributed by atoms with Crippen molar-refractivity contribution in [1.29, 1.82) is 0 Å². The van der Waals surface area contributed by atoms with Crippen LogP contribution >= 0.6 is 11.3 Å². The summed E-state index contributed by atoms with van der Waals surface area (Å²) in [5, 5.41) is 12.0. The van der Waals surface area contributed by atoms with Gasteiger partial charge in [0.25, 0.3) is 11.5 Å². The molecule has 0 bridgehead atoms. The van der Waals surface area contributed by atoms with Crippen LogP contribution in [0, 0.1) is 19.8 Å².